The normalized spacial score (nSPS) is 11.3. The fraction of sp³-hybridized carbons (Fsp3) is 0.235. The number of phenols is 1. The number of hydrogen-bond donors (Lipinski definition) is 1. The van der Waals surface area contributed by atoms with Gasteiger partial charge in [-0.3, -0.25) is 4.99 Å². The Kier molecular flexibility index (Phi) is 9.43. The topological polar surface area (TPSA) is 32.6 Å². The van der Waals surface area contributed by atoms with Gasteiger partial charge in [-0.15, -0.1) is 0 Å². The first-order valence-electron chi connectivity index (χ1n) is 7.00. The molecule has 2 rings (SSSR count). The van der Waals surface area contributed by atoms with Crippen LogP contribution in [0.3, 0.4) is 0 Å². The molecule has 0 radical (unpaired) electrons. The van der Waals surface area contributed by atoms with Crippen molar-refractivity contribution < 1.29 is 22.1 Å². The summed E-state index contributed by atoms with van der Waals surface area (Å²) < 4.78 is 0. The van der Waals surface area contributed by atoms with Crippen molar-refractivity contribution in [2.24, 2.45) is 4.99 Å². The molecule has 6 heteroatoms. The van der Waals surface area contributed by atoms with Gasteiger partial charge in [-0.25, -0.2) is 0 Å². The van der Waals surface area contributed by atoms with E-state index in [9.17, 15) is 5.11 Å². The molecule has 0 heterocycles. The van der Waals surface area contributed by atoms with Gasteiger partial charge >= 0.3 is 35.6 Å². The van der Waals surface area contributed by atoms with Gasteiger partial charge in [0.15, 0.2) is 0 Å². The molecule has 2 nitrogen and oxygen atoms in total. The average molecular weight is 404 g/mol. The van der Waals surface area contributed by atoms with Crippen molar-refractivity contribution in [3.8, 4) is 5.75 Å². The number of aromatic hydroxyl groups is 1. The standard InChI is InChI=1S/C17H20NOP.2ClH.Ti/c1-11-8-9-15(19)16(10-11)20-17-12(2)6-5-7-14(17)13(3)18-4;;;/h5-10,19-20H,1-4H3;2*1H;/q;;;+2/p-2. The van der Waals surface area contributed by atoms with Gasteiger partial charge in [-0.2, -0.15) is 0 Å². The van der Waals surface area contributed by atoms with Crippen LogP contribution in [0.25, 0.3) is 0 Å². The van der Waals surface area contributed by atoms with Crippen molar-refractivity contribution in [3.63, 3.8) is 0 Å². The quantitative estimate of drug-likeness (QED) is 0.458. The minimum absolute atomic E-state index is 0.370. The van der Waals surface area contributed by atoms with Gasteiger partial charge in [-0.05, 0) is 43.8 Å². The van der Waals surface area contributed by atoms with Gasteiger partial charge in [-0.1, -0.05) is 38.4 Å². The second-order valence-electron chi connectivity index (χ2n) is 5.02. The Hall–Kier alpha value is -0.366. The van der Waals surface area contributed by atoms with Crippen molar-refractivity contribution in [1.29, 1.82) is 0 Å². The van der Waals surface area contributed by atoms with Crippen LogP contribution >= 0.6 is 27.2 Å². The van der Waals surface area contributed by atoms with Crippen LogP contribution in [0, 0.1) is 13.8 Å². The summed E-state index contributed by atoms with van der Waals surface area (Å²) in [7, 11) is 12.0. The summed E-state index contributed by atoms with van der Waals surface area (Å²) in [6, 6.07) is 12.0. The van der Waals surface area contributed by atoms with E-state index in [1.165, 1.54) is 22.0 Å². The van der Waals surface area contributed by atoms with E-state index < -0.39 is 17.0 Å². The number of rotatable bonds is 3. The molecule has 0 saturated heterocycles. The summed E-state index contributed by atoms with van der Waals surface area (Å²) in [6.07, 6.45) is 0. The zero-order chi connectivity index (χ0) is 17.4. The summed E-state index contributed by atoms with van der Waals surface area (Å²) in [6.45, 7) is 6.19. The molecule has 23 heavy (non-hydrogen) atoms. The fourth-order valence-electron chi connectivity index (χ4n) is 2.14. The van der Waals surface area contributed by atoms with Gasteiger partial charge in [0.1, 0.15) is 5.75 Å². The van der Waals surface area contributed by atoms with Crippen molar-refractivity contribution >= 4 is 43.5 Å². The van der Waals surface area contributed by atoms with Crippen LogP contribution in [0.15, 0.2) is 41.4 Å². The Morgan fingerprint density at radius 1 is 1.17 bits per heavy atom. The van der Waals surface area contributed by atoms with E-state index in [1.807, 2.05) is 27.0 Å². The first-order valence-corrected chi connectivity index (χ1v) is 12.3. The van der Waals surface area contributed by atoms with Crippen molar-refractivity contribution in [2.45, 2.75) is 20.8 Å². The van der Waals surface area contributed by atoms with Crippen LogP contribution in [-0.2, 0) is 17.0 Å². The van der Waals surface area contributed by atoms with Gasteiger partial charge in [0.2, 0.25) is 0 Å². The second-order valence-corrected chi connectivity index (χ2v) is 8.89. The van der Waals surface area contributed by atoms with Gasteiger partial charge in [0.05, 0.1) is 0 Å². The maximum atomic E-state index is 10.1. The molecule has 0 saturated carbocycles. The third kappa shape index (κ3) is 6.21. The second kappa shape index (κ2) is 10.5. The predicted molar refractivity (Wildman–Crippen MR) is 101 cm³/mol. The van der Waals surface area contributed by atoms with E-state index in [1.54, 1.807) is 6.07 Å². The van der Waals surface area contributed by atoms with E-state index in [-0.39, 0.29) is 0 Å². The van der Waals surface area contributed by atoms with Crippen molar-refractivity contribution in [2.75, 3.05) is 7.05 Å². The molecule has 1 N–H and O–H groups in total. The van der Waals surface area contributed by atoms with Crippen LogP contribution in [0.5, 0.6) is 5.75 Å². The molecule has 0 spiro atoms. The summed E-state index contributed by atoms with van der Waals surface area (Å²) in [4.78, 5) is 4.30. The Morgan fingerprint density at radius 2 is 1.83 bits per heavy atom. The molecule has 0 bridgehead atoms. The Morgan fingerprint density at radius 3 is 2.43 bits per heavy atom. The number of benzene rings is 2. The van der Waals surface area contributed by atoms with Gasteiger partial charge in [0.25, 0.3) is 0 Å². The third-order valence-corrected chi connectivity index (χ3v) is 4.99. The van der Waals surface area contributed by atoms with E-state index in [0.717, 1.165) is 11.0 Å². The van der Waals surface area contributed by atoms with Crippen LogP contribution in [0.4, 0.5) is 0 Å². The van der Waals surface area contributed by atoms with Crippen molar-refractivity contribution in [3.05, 3.63) is 53.1 Å². The summed E-state index contributed by atoms with van der Waals surface area (Å²) in [5, 5.41) is 12.3. The SMILES string of the molecule is CN=C(C)c1cccc(C)c1Pc1cc(C)ccc1O.[Cl][Ti][Cl]. The predicted octanol–water partition coefficient (Wildman–Crippen LogP) is 4.45. The molecular formula is C17H20Cl2NOPTi. The zero-order valence-electron chi connectivity index (χ0n) is 13.6. The molecule has 2 aromatic carbocycles. The summed E-state index contributed by atoms with van der Waals surface area (Å²) in [5.41, 5.74) is 4.61. The molecule has 1 unspecified atom stereocenters. The van der Waals surface area contributed by atoms with Crippen LogP contribution in [0.2, 0.25) is 0 Å². The van der Waals surface area contributed by atoms with Crippen LogP contribution in [0.1, 0.15) is 23.6 Å². The Bertz CT molecular complexity index is 692. The Labute approximate surface area is 156 Å². The number of hydrogen-bond acceptors (Lipinski definition) is 2. The molecule has 0 amide bonds. The number of aryl methyl sites for hydroxylation is 2. The van der Waals surface area contributed by atoms with E-state index in [2.05, 4.69) is 36.2 Å². The van der Waals surface area contributed by atoms with E-state index in [4.69, 9.17) is 18.6 Å². The summed E-state index contributed by atoms with van der Waals surface area (Å²) >= 11 is -0.556. The maximum absolute atomic E-state index is 10.1. The number of phenolic OH excluding ortho intramolecular Hbond substituents is 1. The van der Waals surface area contributed by atoms with Crippen molar-refractivity contribution in [1.82, 2.24) is 0 Å². The minimum atomic E-state index is -0.556. The molecule has 0 aromatic heterocycles. The zero-order valence-corrected chi connectivity index (χ0v) is 17.7. The first-order chi connectivity index (χ1) is 10.9. The van der Waals surface area contributed by atoms with E-state index >= 15 is 0 Å². The number of halogens is 2. The molecule has 0 aliphatic rings. The van der Waals surface area contributed by atoms with Gasteiger partial charge < -0.3 is 5.11 Å². The monoisotopic (exact) mass is 403 g/mol. The molecule has 0 aliphatic carbocycles. The summed E-state index contributed by atoms with van der Waals surface area (Å²) in [5.74, 6) is 0.370. The van der Waals surface area contributed by atoms with Gasteiger partial charge in [0, 0.05) is 23.6 Å². The molecule has 0 aliphatic heterocycles. The number of nitrogens with zero attached hydrogens (tertiary/aromatic N) is 1. The molecule has 122 valence electrons. The molecule has 0 fully saturated rings. The first kappa shape index (κ1) is 20.7. The molecule has 1 atom stereocenters. The van der Waals surface area contributed by atoms with Crippen LogP contribution < -0.4 is 10.6 Å². The molecular weight excluding hydrogens is 384 g/mol. The molecule has 2 aromatic rings. The van der Waals surface area contributed by atoms with E-state index in [0.29, 0.717) is 14.3 Å². The average Bonchev–Trinajstić information content (AvgIpc) is 2.52. The Balaban J connectivity index is 0.000000816. The van der Waals surface area contributed by atoms with Crippen LogP contribution in [-0.4, -0.2) is 17.9 Å². The third-order valence-electron chi connectivity index (χ3n) is 3.41. The number of aliphatic imine (C=N–C) groups is 1. The fourth-order valence-corrected chi connectivity index (χ4v) is 3.60.